The average molecular weight is 555 g/mol. The van der Waals surface area contributed by atoms with Crippen LogP contribution in [0.15, 0.2) is 45.8 Å². The molecule has 0 saturated carbocycles. The molecule has 0 fully saturated rings. The molecule has 1 aromatic carbocycles. The van der Waals surface area contributed by atoms with Gasteiger partial charge in [-0.2, -0.15) is 5.26 Å². The topological polar surface area (TPSA) is 146 Å². The van der Waals surface area contributed by atoms with Gasteiger partial charge in [-0.25, -0.2) is 22.7 Å². The lowest BCUT2D eigenvalue weighted by atomic mass is 9.89. The molecule has 39 heavy (non-hydrogen) atoms. The molecule has 2 amide bonds. The minimum absolute atomic E-state index is 0.0550. The minimum Gasteiger partial charge on any atom is -0.444 e. The van der Waals surface area contributed by atoms with Crippen molar-refractivity contribution >= 4 is 33.4 Å². The van der Waals surface area contributed by atoms with Crippen LogP contribution in [0.2, 0.25) is 0 Å². The number of carbonyl (C=O) groups is 2. The van der Waals surface area contributed by atoms with Gasteiger partial charge in [-0.15, -0.1) is 0 Å². The van der Waals surface area contributed by atoms with Crippen molar-refractivity contribution in [3.63, 3.8) is 0 Å². The normalized spacial score (nSPS) is 25.4. The maximum Gasteiger partial charge on any atom is 0.413 e. The van der Waals surface area contributed by atoms with Gasteiger partial charge < -0.3 is 10.1 Å². The van der Waals surface area contributed by atoms with Crippen LogP contribution in [0, 0.1) is 17.1 Å². The van der Waals surface area contributed by atoms with E-state index >= 15 is 4.39 Å². The Morgan fingerprint density at radius 1 is 1.13 bits per heavy atom. The van der Waals surface area contributed by atoms with Crippen LogP contribution in [0.3, 0.4) is 0 Å². The fourth-order valence-electron chi connectivity index (χ4n) is 4.78. The zero-order valence-electron chi connectivity index (χ0n) is 22.7. The first-order valence-electron chi connectivity index (χ1n) is 12.4. The fraction of sp³-hybridized carbons (Fsp3) is 0.444. The largest absolute Gasteiger partial charge is 0.444 e. The van der Waals surface area contributed by atoms with Crippen LogP contribution in [0.4, 0.5) is 15.0 Å². The molecule has 0 aliphatic carbocycles. The third-order valence-electron chi connectivity index (χ3n) is 6.80. The Balaban J connectivity index is 1.76. The van der Waals surface area contributed by atoms with Crippen LogP contribution in [-0.2, 0) is 20.0 Å². The van der Waals surface area contributed by atoms with Crippen LogP contribution in [0.25, 0.3) is 0 Å². The van der Waals surface area contributed by atoms with E-state index in [4.69, 9.17) is 15.0 Å². The van der Waals surface area contributed by atoms with Crippen molar-refractivity contribution in [2.45, 2.75) is 69.1 Å². The second kappa shape index (κ2) is 9.72. The molecule has 0 saturated heterocycles. The number of amides is 2. The van der Waals surface area contributed by atoms with Gasteiger partial charge in [0.1, 0.15) is 39.1 Å². The van der Waals surface area contributed by atoms with Gasteiger partial charge in [0.15, 0.2) is 0 Å². The van der Waals surface area contributed by atoms with Gasteiger partial charge in [0.05, 0.1) is 26.6 Å². The van der Waals surface area contributed by atoms with Crippen LogP contribution in [0.5, 0.6) is 0 Å². The molecular weight excluding hydrogens is 523 g/mol. The summed E-state index contributed by atoms with van der Waals surface area (Å²) < 4.78 is 38.5. The highest BCUT2D eigenvalue weighted by molar-refractivity contribution is 7.96. The molecule has 0 spiro atoms. The first kappa shape index (κ1) is 28.2. The van der Waals surface area contributed by atoms with Crippen LogP contribution >= 0.6 is 0 Å². The summed E-state index contributed by atoms with van der Waals surface area (Å²) in [6.07, 6.45) is -0.404. The van der Waals surface area contributed by atoms with Crippen molar-refractivity contribution < 1.29 is 22.9 Å². The number of benzene rings is 1. The van der Waals surface area contributed by atoms with E-state index in [2.05, 4.69) is 20.0 Å². The maximum absolute atomic E-state index is 15.4. The molecule has 12 heteroatoms. The first-order chi connectivity index (χ1) is 18.1. The van der Waals surface area contributed by atoms with Crippen molar-refractivity contribution in [3.05, 3.63) is 59.0 Å². The van der Waals surface area contributed by atoms with E-state index in [1.54, 1.807) is 41.5 Å². The number of hydrogen-bond donors (Lipinski definition) is 2. The Bertz CT molecular complexity index is 1530. The van der Waals surface area contributed by atoms with E-state index in [0.29, 0.717) is 12.0 Å². The molecule has 2 N–H and O–H groups in total. The van der Waals surface area contributed by atoms with E-state index in [9.17, 15) is 13.8 Å². The predicted octanol–water partition coefficient (Wildman–Crippen LogP) is 4.52. The number of carbonyl (C=O) groups excluding carboxylic acids is 2. The zero-order chi connectivity index (χ0) is 28.8. The van der Waals surface area contributed by atoms with Crippen molar-refractivity contribution in [2.75, 3.05) is 11.9 Å². The number of alkyl carbamates (subject to hydrolysis) is 1. The van der Waals surface area contributed by atoms with Crippen molar-refractivity contribution in [1.82, 2.24) is 10.3 Å². The third-order valence-corrected chi connectivity index (χ3v) is 10.5. The zero-order valence-corrected chi connectivity index (χ0v) is 23.5. The number of ether oxygens (including phenoxy) is 1. The molecule has 206 valence electrons. The molecule has 0 bridgehead atoms. The Morgan fingerprint density at radius 2 is 1.79 bits per heavy atom. The Labute approximate surface area is 227 Å². The number of hydrogen-bond acceptors (Lipinski definition) is 8. The molecule has 3 atom stereocenters. The van der Waals surface area contributed by atoms with E-state index in [0.717, 1.165) is 6.07 Å². The van der Waals surface area contributed by atoms with Gasteiger partial charge in [-0.1, -0.05) is 0 Å². The number of aliphatic imine (C=N–C) groups is 1. The summed E-state index contributed by atoms with van der Waals surface area (Å²) in [5, 5.41) is 13.6. The molecule has 2 aromatic rings. The second-order valence-corrected chi connectivity index (χ2v) is 14.1. The Kier molecular flexibility index (Phi) is 7.02. The highest BCUT2D eigenvalue weighted by Crippen LogP contribution is 2.47. The summed E-state index contributed by atoms with van der Waals surface area (Å²) in [6.45, 7) is 10.4. The number of halogens is 1. The lowest BCUT2D eigenvalue weighted by molar-refractivity contribution is 0.0560. The Morgan fingerprint density at radius 3 is 2.41 bits per heavy atom. The molecule has 0 unspecified atom stereocenters. The molecule has 4 rings (SSSR count). The lowest BCUT2D eigenvalue weighted by Crippen LogP contribution is -2.61. The lowest BCUT2D eigenvalue weighted by Gasteiger charge is -2.44. The predicted molar refractivity (Wildman–Crippen MR) is 145 cm³/mol. The van der Waals surface area contributed by atoms with E-state index in [1.807, 2.05) is 6.07 Å². The van der Waals surface area contributed by atoms with Gasteiger partial charge in [0.25, 0.3) is 5.91 Å². The number of rotatable bonds is 3. The van der Waals surface area contributed by atoms with Crippen molar-refractivity contribution in [3.8, 4) is 6.07 Å². The second-order valence-electron chi connectivity index (χ2n) is 11.1. The smallest absolute Gasteiger partial charge is 0.413 e. The Hall–Kier alpha value is -3.85. The van der Waals surface area contributed by atoms with Crippen LogP contribution < -0.4 is 10.6 Å². The van der Waals surface area contributed by atoms with E-state index < -0.39 is 48.7 Å². The van der Waals surface area contributed by atoms with Gasteiger partial charge in [0.2, 0.25) is 0 Å². The van der Waals surface area contributed by atoms with Crippen LogP contribution in [-0.4, -0.2) is 49.2 Å². The molecule has 0 radical (unpaired) electrons. The van der Waals surface area contributed by atoms with Gasteiger partial charge >= 0.3 is 6.09 Å². The quantitative estimate of drug-likeness (QED) is 0.571. The number of nitrogens with zero attached hydrogens (tertiary/aromatic N) is 4. The highest BCUT2D eigenvalue weighted by atomic mass is 32.2. The highest BCUT2D eigenvalue weighted by Gasteiger charge is 2.58. The molecular formula is C27H31FN6O4S. The SMILES string of the molecule is CC(C)(C)OC(=O)NC1=N[C@](C)(c2nc(NC(=O)c3ccc(C#N)cc3)ccc2F)[C@@H]2CCN=[S@]2(=O)C1(C)C. The first-order valence-corrected chi connectivity index (χ1v) is 14.0. The number of pyridine rings is 1. The minimum atomic E-state index is -3.07. The number of fused-ring (bicyclic) bond motifs is 1. The third kappa shape index (κ3) is 5.11. The monoisotopic (exact) mass is 554 g/mol. The fourth-order valence-corrected chi connectivity index (χ4v) is 7.95. The molecule has 2 aliphatic rings. The number of amidine groups is 1. The average Bonchev–Trinajstić information content (AvgIpc) is 3.27. The summed E-state index contributed by atoms with van der Waals surface area (Å²) in [5.74, 6) is -1.10. The number of aromatic nitrogens is 1. The molecule has 1 aromatic heterocycles. The van der Waals surface area contributed by atoms with Crippen molar-refractivity contribution in [1.29, 1.82) is 5.26 Å². The number of nitrogens with one attached hydrogen (secondary N) is 2. The van der Waals surface area contributed by atoms with Gasteiger partial charge in [0, 0.05) is 12.1 Å². The maximum atomic E-state index is 15.4. The van der Waals surface area contributed by atoms with Crippen LogP contribution in [0.1, 0.15) is 69.6 Å². The van der Waals surface area contributed by atoms with Crippen molar-refractivity contribution in [2.24, 2.45) is 9.36 Å². The van der Waals surface area contributed by atoms with E-state index in [1.165, 1.54) is 30.3 Å². The van der Waals surface area contributed by atoms with Gasteiger partial charge in [-0.3, -0.25) is 15.1 Å². The number of nitriles is 1. The standard InChI is InChI=1S/C27H31FN6O4S/c1-25(2,3)38-24(36)33-23-26(4,5)39(37)19(13-14-30-39)27(6,34-23)21-18(28)11-12-20(31-21)32-22(35)17-9-7-16(15-29)8-10-17/h7-12,19H,13-14H2,1-6H3,(H,31,32,35)(H,33,34,36)/t19-,27-,39+/m0/s1. The molecule has 10 nitrogen and oxygen atoms in total. The number of anilines is 1. The summed E-state index contributed by atoms with van der Waals surface area (Å²) >= 11 is 0. The molecule has 3 heterocycles. The summed E-state index contributed by atoms with van der Waals surface area (Å²) in [4.78, 5) is 34.7. The summed E-state index contributed by atoms with van der Waals surface area (Å²) in [7, 11) is -3.07. The summed E-state index contributed by atoms with van der Waals surface area (Å²) in [5.41, 5.74) is -1.71. The molecule has 2 aliphatic heterocycles. The summed E-state index contributed by atoms with van der Waals surface area (Å²) in [6, 6.07) is 10.5. The van der Waals surface area contributed by atoms with Gasteiger partial charge in [-0.05, 0) is 84.4 Å². The van der Waals surface area contributed by atoms with E-state index in [-0.39, 0.29) is 29.5 Å².